The van der Waals surface area contributed by atoms with Gasteiger partial charge in [-0.1, -0.05) is 6.07 Å². The molecule has 6 nitrogen and oxygen atoms in total. The van der Waals surface area contributed by atoms with Gasteiger partial charge in [0.2, 0.25) is 0 Å². The molecule has 0 saturated heterocycles. The molecule has 0 amide bonds. The van der Waals surface area contributed by atoms with Crippen LogP contribution in [0.5, 0.6) is 0 Å². The standard InChI is InChI=1S/C23H19F3N4O2/c1-13-8-16(19(32)12-31)10-29-21(13)15-2-4-18-14(9-15)6-7-27-22(18)30-20-5-3-17(11-28-20)23(24,25)26/h2-11,19,31-32H,12H2,1H3,(H,27,28,30)/t19-/m1/s1. The maximum atomic E-state index is 12.7. The summed E-state index contributed by atoms with van der Waals surface area (Å²) in [5.41, 5.74) is 2.14. The molecule has 1 atom stereocenters. The lowest BCUT2D eigenvalue weighted by Gasteiger charge is -2.13. The molecule has 4 aromatic rings. The van der Waals surface area contributed by atoms with E-state index >= 15 is 0 Å². The molecule has 0 saturated carbocycles. The molecule has 0 unspecified atom stereocenters. The van der Waals surface area contributed by atoms with Gasteiger partial charge in [0.1, 0.15) is 17.7 Å². The lowest BCUT2D eigenvalue weighted by atomic mass is 10.0. The van der Waals surface area contributed by atoms with Gasteiger partial charge in [0.25, 0.3) is 0 Å². The Hall–Kier alpha value is -3.56. The van der Waals surface area contributed by atoms with E-state index in [2.05, 4.69) is 20.3 Å². The second-order valence-corrected chi connectivity index (χ2v) is 7.28. The predicted octanol–water partition coefficient (Wildman–Crippen LogP) is 4.79. The van der Waals surface area contributed by atoms with Crippen LogP contribution in [0.3, 0.4) is 0 Å². The third-order valence-electron chi connectivity index (χ3n) is 5.03. The van der Waals surface area contributed by atoms with Crippen LogP contribution in [0.4, 0.5) is 24.8 Å². The number of rotatable bonds is 5. The number of nitrogens with zero attached hydrogens (tertiary/aromatic N) is 3. The molecule has 3 N–H and O–H groups in total. The van der Waals surface area contributed by atoms with Gasteiger partial charge in [-0.25, -0.2) is 9.97 Å². The van der Waals surface area contributed by atoms with Crippen molar-refractivity contribution in [1.82, 2.24) is 15.0 Å². The molecule has 164 valence electrons. The minimum absolute atomic E-state index is 0.248. The molecule has 3 heterocycles. The van der Waals surface area contributed by atoms with Gasteiger partial charge in [-0.15, -0.1) is 0 Å². The first-order valence-electron chi connectivity index (χ1n) is 9.71. The minimum Gasteiger partial charge on any atom is -0.393 e. The Morgan fingerprint density at radius 2 is 1.81 bits per heavy atom. The van der Waals surface area contributed by atoms with Crippen LogP contribution in [0.15, 0.2) is 61.1 Å². The van der Waals surface area contributed by atoms with Gasteiger partial charge in [0.15, 0.2) is 0 Å². The number of nitrogens with one attached hydrogen (secondary N) is 1. The topological polar surface area (TPSA) is 91.2 Å². The van der Waals surface area contributed by atoms with Crippen molar-refractivity contribution in [2.75, 3.05) is 11.9 Å². The highest BCUT2D eigenvalue weighted by molar-refractivity contribution is 5.95. The van der Waals surface area contributed by atoms with Gasteiger partial charge < -0.3 is 15.5 Å². The molecule has 0 aliphatic rings. The Morgan fingerprint density at radius 3 is 2.47 bits per heavy atom. The summed E-state index contributed by atoms with van der Waals surface area (Å²) in [6.07, 6.45) is -1.52. The van der Waals surface area contributed by atoms with E-state index in [9.17, 15) is 18.3 Å². The SMILES string of the molecule is Cc1cc([C@H](O)CO)cnc1-c1ccc2c(Nc3ccc(C(F)(F)F)cn3)nccc2c1. The molecular weight excluding hydrogens is 421 g/mol. The number of aromatic nitrogens is 3. The predicted molar refractivity (Wildman–Crippen MR) is 114 cm³/mol. The lowest BCUT2D eigenvalue weighted by Crippen LogP contribution is -2.06. The first-order valence-corrected chi connectivity index (χ1v) is 9.71. The second kappa shape index (κ2) is 8.52. The molecule has 0 bridgehead atoms. The van der Waals surface area contributed by atoms with E-state index in [1.54, 1.807) is 12.3 Å². The molecule has 0 spiro atoms. The maximum absolute atomic E-state index is 12.7. The van der Waals surface area contributed by atoms with E-state index in [4.69, 9.17) is 5.11 Å². The Kier molecular flexibility index (Phi) is 5.77. The molecule has 9 heteroatoms. The summed E-state index contributed by atoms with van der Waals surface area (Å²) in [6, 6.07) is 11.5. The van der Waals surface area contributed by atoms with E-state index in [1.165, 1.54) is 12.3 Å². The van der Waals surface area contributed by atoms with Crippen LogP contribution < -0.4 is 5.32 Å². The Morgan fingerprint density at radius 1 is 1.00 bits per heavy atom. The molecule has 3 aromatic heterocycles. The van der Waals surface area contributed by atoms with E-state index < -0.39 is 17.8 Å². The maximum Gasteiger partial charge on any atom is 0.417 e. The summed E-state index contributed by atoms with van der Waals surface area (Å²) >= 11 is 0. The number of aliphatic hydroxyl groups is 2. The number of hydrogen-bond acceptors (Lipinski definition) is 6. The summed E-state index contributed by atoms with van der Waals surface area (Å²) in [6.45, 7) is 1.49. The van der Waals surface area contributed by atoms with Gasteiger partial charge in [-0.05, 0) is 54.3 Å². The minimum atomic E-state index is -4.44. The van der Waals surface area contributed by atoms with Crippen molar-refractivity contribution in [2.45, 2.75) is 19.2 Å². The smallest absolute Gasteiger partial charge is 0.393 e. The summed E-state index contributed by atoms with van der Waals surface area (Å²) in [7, 11) is 0. The van der Waals surface area contributed by atoms with E-state index in [0.29, 0.717) is 11.4 Å². The van der Waals surface area contributed by atoms with Crippen LogP contribution in [0.25, 0.3) is 22.0 Å². The number of fused-ring (bicyclic) bond motifs is 1. The molecule has 4 rings (SSSR count). The van der Waals surface area contributed by atoms with Crippen LogP contribution in [-0.4, -0.2) is 31.8 Å². The van der Waals surface area contributed by atoms with Crippen molar-refractivity contribution >= 4 is 22.4 Å². The van der Waals surface area contributed by atoms with E-state index in [1.807, 2.05) is 31.2 Å². The molecular formula is C23H19F3N4O2. The van der Waals surface area contributed by atoms with Crippen molar-refractivity contribution in [3.05, 3.63) is 77.7 Å². The van der Waals surface area contributed by atoms with Crippen molar-refractivity contribution in [1.29, 1.82) is 0 Å². The third-order valence-corrected chi connectivity index (χ3v) is 5.03. The van der Waals surface area contributed by atoms with Crippen molar-refractivity contribution in [3.63, 3.8) is 0 Å². The lowest BCUT2D eigenvalue weighted by molar-refractivity contribution is -0.137. The van der Waals surface area contributed by atoms with Crippen molar-refractivity contribution < 1.29 is 23.4 Å². The molecule has 0 radical (unpaired) electrons. The Labute approximate surface area is 181 Å². The molecule has 32 heavy (non-hydrogen) atoms. The van der Waals surface area contributed by atoms with Gasteiger partial charge in [0, 0.05) is 35.1 Å². The summed E-state index contributed by atoms with van der Waals surface area (Å²) in [5, 5.41) is 23.5. The number of benzene rings is 1. The zero-order valence-electron chi connectivity index (χ0n) is 16.9. The molecule has 0 fully saturated rings. The average Bonchev–Trinajstić information content (AvgIpc) is 2.78. The summed E-state index contributed by atoms with van der Waals surface area (Å²) < 4.78 is 38.2. The largest absolute Gasteiger partial charge is 0.417 e. The van der Waals surface area contributed by atoms with Crippen LogP contribution in [0.1, 0.15) is 22.8 Å². The normalized spacial score (nSPS) is 12.7. The first-order chi connectivity index (χ1) is 15.3. The highest BCUT2D eigenvalue weighted by Crippen LogP contribution is 2.32. The fraction of sp³-hybridized carbons (Fsp3) is 0.174. The third kappa shape index (κ3) is 4.39. The van der Waals surface area contributed by atoms with Crippen molar-refractivity contribution in [2.24, 2.45) is 0 Å². The van der Waals surface area contributed by atoms with Crippen molar-refractivity contribution in [3.8, 4) is 11.3 Å². The Bertz CT molecular complexity index is 1260. The quantitative estimate of drug-likeness (QED) is 0.413. The number of halogens is 3. The number of hydrogen-bond donors (Lipinski definition) is 3. The molecule has 0 aliphatic carbocycles. The van der Waals surface area contributed by atoms with Gasteiger partial charge in [0.05, 0.1) is 17.9 Å². The number of pyridine rings is 3. The summed E-state index contributed by atoms with van der Waals surface area (Å²) in [5.74, 6) is 0.713. The first kappa shape index (κ1) is 21.7. The average molecular weight is 440 g/mol. The second-order valence-electron chi connectivity index (χ2n) is 7.28. The number of aliphatic hydroxyl groups excluding tert-OH is 2. The monoisotopic (exact) mass is 440 g/mol. The van der Waals surface area contributed by atoms with Crippen LogP contribution in [-0.2, 0) is 6.18 Å². The van der Waals surface area contributed by atoms with Gasteiger partial charge in [-0.2, -0.15) is 13.2 Å². The zero-order chi connectivity index (χ0) is 22.9. The van der Waals surface area contributed by atoms with Gasteiger partial charge >= 0.3 is 6.18 Å². The summed E-state index contributed by atoms with van der Waals surface area (Å²) in [4.78, 5) is 12.6. The number of anilines is 2. The molecule has 0 aliphatic heterocycles. The number of aryl methyl sites for hydroxylation is 1. The molecule has 1 aromatic carbocycles. The van der Waals surface area contributed by atoms with Gasteiger partial charge in [-0.3, -0.25) is 4.98 Å². The fourth-order valence-corrected chi connectivity index (χ4v) is 3.37. The fourth-order valence-electron chi connectivity index (χ4n) is 3.37. The number of alkyl halides is 3. The van der Waals surface area contributed by atoms with E-state index in [0.717, 1.165) is 39.9 Å². The zero-order valence-corrected chi connectivity index (χ0v) is 16.9. The van der Waals surface area contributed by atoms with Crippen LogP contribution >= 0.6 is 0 Å². The highest BCUT2D eigenvalue weighted by atomic mass is 19.4. The van der Waals surface area contributed by atoms with Crippen LogP contribution in [0.2, 0.25) is 0 Å². The highest BCUT2D eigenvalue weighted by Gasteiger charge is 2.30. The van der Waals surface area contributed by atoms with Crippen LogP contribution in [0, 0.1) is 6.92 Å². The Balaban J connectivity index is 1.64. The van der Waals surface area contributed by atoms with E-state index in [-0.39, 0.29) is 12.4 Å².